The first kappa shape index (κ1) is 6.56. The molecule has 0 bridgehead atoms. The zero-order chi connectivity index (χ0) is 5.98. The molecule has 2 heteroatoms. The minimum Gasteiger partial charge on any atom is -0.372 e. The van der Waals surface area contributed by atoms with E-state index in [1.165, 1.54) is 12.8 Å². The van der Waals surface area contributed by atoms with Crippen LogP contribution in [0.4, 0.5) is 0 Å². The Morgan fingerprint density at radius 3 is 2.88 bits per heavy atom. The number of ether oxygens (including phenoxy) is 1. The molecule has 0 aromatic heterocycles. The highest BCUT2D eigenvalue weighted by atomic mass is 79.9. The van der Waals surface area contributed by atoms with E-state index in [1.807, 2.05) is 0 Å². The van der Waals surface area contributed by atoms with Gasteiger partial charge < -0.3 is 4.74 Å². The van der Waals surface area contributed by atoms with Gasteiger partial charge in [0.1, 0.15) is 0 Å². The molecule has 0 radical (unpaired) electrons. The Labute approximate surface area is 58.5 Å². The molecule has 0 unspecified atom stereocenters. The summed E-state index contributed by atoms with van der Waals surface area (Å²) in [5, 5.41) is 0. The van der Waals surface area contributed by atoms with Gasteiger partial charge in [-0.2, -0.15) is 0 Å². The molecule has 0 N–H and O–H groups in total. The van der Waals surface area contributed by atoms with Crippen LogP contribution in [0.1, 0.15) is 19.8 Å². The van der Waals surface area contributed by atoms with E-state index in [2.05, 4.69) is 22.9 Å². The Morgan fingerprint density at radius 1 is 1.88 bits per heavy atom. The van der Waals surface area contributed by atoms with Crippen LogP contribution in [0.25, 0.3) is 0 Å². The summed E-state index contributed by atoms with van der Waals surface area (Å²) in [6.07, 6.45) is 3.02. The van der Waals surface area contributed by atoms with Crippen LogP contribution in [0.3, 0.4) is 0 Å². The number of epoxide rings is 1. The minimum atomic E-state index is 0.537. The van der Waals surface area contributed by atoms with E-state index < -0.39 is 0 Å². The molecule has 0 aromatic carbocycles. The van der Waals surface area contributed by atoms with Gasteiger partial charge in [0, 0.05) is 4.83 Å². The average molecular weight is 179 g/mol. The molecule has 1 nitrogen and oxygen atoms in total. The highest BCUT2D eigenvalue weighted by molar-refractivity contribution is 9.09. The summed E-state index contributed by atoms with van der Waals surface area (Å²) in [5.74, 6) is 0. The number of alkyl halides is 1. The summed E-state index contributed by atoms with van der Waals surface area (Å²) < 4.78 is 5.08. The Balaban J connectivity index is 2.03. The first-order chi connectivity index (χ1) is 3.84. The van der Waals surface area contributed by atoms with Crippen LogP contribution >= 0.6 is 15.9 Å². The highest BCUT2D eigenvalue weighted by Gasteiger charge is 2.29. The summed E-state index contributed by atoms with van der Waals surface area (Å²) >= 11 is 3.54. The van der Waals surface area contributed by atoms with Gasteiger partial charge in [0.2, 0.25) is 0 Å². The molecule has 0 amide bonds. The van der Waals surface area contributed by atoms with E-state index in [4.69, 9.17) is 4.74 Å². The fourth-order valence-corrected chi connectivity index (χ4v) is 1.49. The first-order valence-electron chi connectivity index (χ1n) is 3.10. The number of halogens is 1. The van der Waals surface area contributed by atoms with Crippen LogP contribution in [0.2, 0.25) is 0 Å². The van der Waals surface area contributed by atoms with Gasteiger partial charge in [-0.25, -0.2) is 0 Å². The predicted octanol–water partition coefficient (Wildman–Crippen LogP) is 1.95. The second-order valence-electron chi connectivity index (χ2n) is 2.18. The van der Waals surface area contributed by atoms with E-state index in [1.54, 1.807) is 0 Å². The zero-order valence-electron chi connectivity index (χ0n) is 5.06. The molecule has 1 saturated heterocycles. The minimum absolute atomic E-state index is 0.537. The predicted molar refractivity (Wildman–Crippen MR) is 37.4 cm³/mol. The molecule has 0 spiro atoms. The average Bonchev–Trinajstić information content (AvgIpc) is 2.45. The fourth-order valence-electron chi connectivity index (χ4n) is 0.726. The van der Waals surface area contributed by atoms with E-state index in [-0.39, 0.29) is 0 Å². The summed E-state index contributed by atoms with van der Waals surface area (Å²) in [4.78, 5) is 0.618. The van der Waals surface area contributed by atoms with Crippen molar-refractivity contribution in [1.82, 2.24) is 0 Å². The van der Waals surface area contributed by atoms with Gasteiger partial charge in [-0.3, -0.25) is 0 Å². The molecule has 1 fully saturated rings. The second-order valence-corrected chi connectivity index (χ2v) is 3.35. The lowest BCUT2D eigenvalue weighted by Gasteiger charge is -2.00. The monoisotopic (exact) mass is 178 g/mol. The molecule has 1 aliphatic heterocycles. The molecule has 2 atom stereocenters. The Bertz CT molecular complexity index is 70.9. The van der Waals surface area contributed by atoms with Crippen LogP contribution < -0.4 is 0 Å². The maximum absolute atomic E-state index is 5.08. The Kier molecular flexibility index (Phi) is 2.32. The fraction of sp³-hybridized carbons (Fsp3) is 1.00. The van der Waals surface area contributed by atoms with Crippen molar-refractivity contribution in [1.29, 1.82) is 0 Å². The first-order valence-corrected chi connectivity index (χ1v) is 4.02. The van der Waals surface area contributed by atoms with Crippen LogP contribution in [-0.4, -0.2) is 17.5 Å². The van der Waals surface area contributed by atoms with Crippen LogP contribution in [-0.2, 0) is 4.74 Å². The SMILES string of the molecule is CCC[C@H](Br)[C@H]1CO1. The van der Waals surface area contributed by atoms with Gasteiger partial charge >= 0.3 is 0 Å². The van der Waals surface area contributed by atoms with Gasteiger partial charge in [0.15, 0.2) is 0 Å². The second kappa shape index (κ2) is 2.83. The normalized spacial score (nSPS) is 30.0. The van der Waals surface area contributed by atoms with Gasteiger partial charge in [-0.05, 0) is 6.42 Å². The van der Waals surface area contributed by atoms with Crippen LogP contribution in [0.15, 0.2) is 0 Å². The Morgan fingerprint density at radius 2 is 2.50 bits per heavy atom. The van der Waals surface area contributed by atoms with Gasteiger partial charge in [-0.1, -0.05) is 29.3 Å². The maximum atomic E-state index is 5.08. The number of rotatable bonds is 3. The summed E-state index contributed by atoms with van der Waals surface area (Å²) in [6.45, 7) is 3.16. The number of hydrogen-bond donors (Lipinski definition) is 0. The molecule has 0 saturated carbocycles. The lowest BCUT2D eigenvalue weighted by molar-refractivity contribution is 0.398. The third-order valence-electron chi connectivity index (χ3n) is 1.33. The molecular formula is C6H11BrO. The summed E-state index contributed by atoms with van der Waals surface area (Å²) in [6, 6.07) is 0. The van der Waals surface area contributed by atoms with Crippen molar-refractivity contribution < 1.29 is 4.74 Å². The molecule has 48 valence electrons. The van der Waals surface area contributed by atoms with E-state index in [0.29, 0.717) is 10.9 Å². The van der Waals surface area contributed by atoms with Crippen LogP contribution in [0.5, 0.6) is 0 Å². The molecule has 8 heavy (non-hydrogen) atoms. The van der Waals surface area contributed by atoms with Crippen LogP contribution in [0, 0.1) is 0 Å². The van der Waals surface area contributed by atoms with Crippen molar-refractivity contribution in [2.24, 2.45) is 0 Å². The van der Waals surface area contributed by atoms with Gasteiger partial charge in [0.25, 0.3) is 0 Å². The molecule has 1 aliphatic rings. The molecule has 1 rings (SSSR count). The quantitative estimate of drug-likeness (QED) is 0.476. The van der Waals surface area contributed by atoms with Crippen molar-refractivity contribution >= 4 is 15.9 Å². The third-order valence-corrected chi connectivity index (χ3v) is 2.37. The lowest BCUT2D eigenvalue weighted by Crippen LogP contribution is -2.04. The molecule has 1 heterocycles. The van der Waals surface area contributed by atoms with Gasteiger partial charge in [-0.15, -0.1) is 0 Å². The summed E-state index contributed by atoms with van der Waals surface area (Å²) in [5.41, 5.74) is 0. The van der Waals surface area contributed by atoms with Crippen molar-refractivity contribution in [2.75, 3.05) is 6.61 Å². The topological polar surface area (TPSA) is 12.5 Å². The lowest BCUT2D eigenvalue weighted by atomic mass is 10.2. The Hall–Kier alpha value is 0.440. The zero-order valence-corrected chi connectivity index (χ0v) is 6.65. The highest BCUT2D eigenvalue weighted by Crippen LogP contribution is 2.23. The largest absolute Gasteiger partial charge is 0.372 e. The van der Waals surface area contributed by atoms with Crippen molar-refractivity contribution in [3.8, 4) is 0 Å². The van der Waals surface area contributed by atoms with Gasteiger partial charge in [0.05, 0.1) is 12.7 Å². The maximum Gasteiger partial charge on any atom is 0.0934 e. The van der Waals surface area contributed by atoms with E-state index in [9.17, 15) is 0 Å². The van der Waals surface area contributed by atoms with Crippen molar-refractivity contribution in [2.45, 2.75) is 30.7 Å². The van der Waals surface area contributed by atoms with E-state index >= 15 is 0 Å². The van der Waals surface area contributed by atoms with Crippen molar-refractivity contribution in [3.63, 3.8) is 0 Å². The summed E-state index contributed by atoms with van der Waals surface area (Å²) in [7, 11) is 0. The number of hydrogen-bond acceptors (Lipinski definition) is 1. The molecule has 0 aromatic rings. The van der Waals surface area contributed by atoms with E-state index in [0.717, 1.165) is 6.61 Å². The standard InChI is InChI=1S/C6H11BrO/c1-2-3-5(7)6-4-8-6/h5-6H,2-4H2,1H3/t5-,6+/m0/s1. The molecule has 0 aliphatic carbocycles. The molecular weight excluding hydrogens is 168 g/mol. The third kappa shape index (κ3) is 1.75. The smallest absolute Gasteiger partial charge is 0.0934 e. The van der Waals surface area contributed by atoms with Crippen molar-refractivity contribution in [3.05, 3.63) is 0 Å².